The van der Waals surface area contributed by atoms with Gasteiger partial charge in [-0.2, -0.15) is 0 Å². The van der Waals surface area contributed by atoms with Crippen molar-refractivity contribution in [3.05, 3.63) is 48.6 Å². The molecule has 0 aromatic rings. The van der Waals surface area contributed by atoms with Gasteiger partial charge in [0.2, 0.25) is 0 Å². The van der Waals surface area contributed by atoms with E-state index in [1.807, 2.05) is 0 Å². The number of hydrogen-bond acceptors (Lipinski definition) is 8. The summed E-state index contributed by atoms with van der Waals surface area (Å²) >= 11 is 0. The predicted octanol–water partition coefficient (Wildman–Crippen LogP) is 10.8. The molecule has 2 atom stereocenters. The van der Waals surface area contributed by atoms with Gasteiger partial charge in [-0.1, -0.05) is 127 Å². The van der Waals surface area contributed by atoms with Crippen LogP contribution in [0, 0.1) is 0 Å². The largest absolute Gasteiger partial charge is 0.472 e. The topological polar surface area (TPSA) is 134 Å². The van der Waals surface area contributed by atoms with Gasteiger partial charge in [0.05, 0.1) is 13.2 Å². The summed E-state index contributed by atoms with van der Waals surface area (Å²) in [5, 5.41) is 0. The molecule has 0 fully saturated rings. The zero-order valence-electron chi connectivity index (χ0n) is 31.6. The van der Waals surface area contributed by atoms with Crippen molar-refractivity contribution in [2.45, 2.75) is 168 Å². The molecule has 0 radical (unpaired) electrons. The summed E-state index contributed by atoms with van der Waals surface area (Å²) < 4.78 is 32.7. The first-order valence-electron chi connectivity index (χ1n) is 19.6. The summed E-state index contributed by atoms with van der Waals surface area (Å²) in [5.41, 5.74) is 5.33. The van der Waals surface area contributed by atoms with Crippen LogP contribution in [0.15, 0.2) is 48.6 Å². The van der Waals surface area contributed by atoms with Crippen molar-refractivity contribution >= 4 is 19.8 Å². The molecule has 0 saturated carbocycles. The van der Waals surface area contributed by atoms with Crippen molar-refractivity contribution in [2.75, 3.05) is 26.4 Å². The van der Waals surface area contributed by atoms with Crippen LogP contribution in [0.1, 0.15) is 162 Å². The summed E-state index contributed by atoms with van der Waals surface area (Å²) in [7, 11) is -4.38. The molecule has 0 aromatic heterocycles. The fourth-order valence-corrected chi connectivity index (χ4v) is 5.82. The molecule has 290 valence electrons. The number of hydrogen-bond donors (Lipinski definition) is 2. The Morgan fingerprint density at radius 1 is 0.620 bits per heavy atom. The van der Waals surface area contributed by atoms with E-state index in [1.165, 1.54) is 44.9 Å². The van der Waals surface area contributed by atoms with Crippen molar-refractivity contribution < 1.29 is 37.6 Å². The van der Waals surface area contributed by atoms with E-state index in [0.29, 0.717) is 6.42 Å². The number of phosphoric ester groups is 1. The molecule has 0 aromatic carbocycles. The van der Waals surface area contributed by atoms with Crippen molar-refractivity contribution in [1.82, 2.24) is 0 Å². The molecule has 0 aliphatic rings. The highest BCUT2D eigenvalue weighted by molar-refractivity contribution is 7.47. The molecule has 10 heteroatoms. The standard InChI is InChI=1S/C40H72NO8P/c1-3-5-7-9-11-13-15-17-18-19-20-21-23-25-27-29-31-33-40(43)49-38(37-48-50(44,45)47-35-34-41)36-46-39(42)32-30-28-26-24-22-16-14-12-10-8-6-4-2/h5,7,11-14,17-18,38H,3-4,6,8-10,15-16,19-37,41H2,1-2H3,(H,44,45)/b7-5-,13-11-,14-12-,18-17-. The summed E-state index contributed by atoms with van der Waals surface area (Å²) in [6.07, 6.45) is 39.9. The second-order valence-corrected chi connectivity index (χ2v) is 14.2. The molecule has 50 heavy (non-hydrogen) atoms. The number of carbonyl (C=O) groups is 2. The number of unbranched alkanes of at least 4 members (excludes halogenated alkanes) is 15. The number of nitrogens with two attached hydrogens (primary N) is 1. The Morgan fingerprint density at radius 2 is 1.10 bits per heavy atom. The zero-order chi connectivity index (χ0) is 36.8. The van der Waals surface area contributed by atoms with Crippen LogP contribution in [0.2, 0.25) is 0 Å². The van der Waals surface area contributed by atoms with E-state index in [2.05, 4.69) is 62.5 Å². The van der Waals surface area contributed by atoms with Crippen LogP contribution in [-0.4, -0.2) is 49.3 Å². The summed E-state index contributed by atoms with van der Waals surface area (Å²) in [6.45, 7) is 3.56. The highest BCUT2D eigenvalue weighted by Crippen LogP contribution is 2.43. The van der Waals surface area contributed by atoms with E-state index in [1.54, 1.807) is 0 Å². The van der Waals surface area contributed by atoms with Gasteiger partial charge in [-0.05, 0) is 70.6 Å². The number of ether oxygens (including phenoxy) is 2. The van der Waals surface area contributed by atoms with Gasteiger partial charge in [-0.3, -0.25) is 18.6 Å². The Hall–Kier alpha value is -2.03. The van der Waals surface area contributed by atoms with Crippen molar-refractivity contribution in [3.63, 3.8) is 0 Å². The molecule has 0 aliphatic carbocycles. The van der Waals surface area contributed by atoms with E-state index < -0.39 is 32.5 Å². The smallest absolute Gasteiger partial charge is 0.462 e. The summed E-state index contributed by atoms with van der Waals surface area (Å²) in [5.74, 6) is -0.855. The summed E-state index contributed by atoms with van der Waals surface area (Å²) in [4.78, 5) is 34.7. The van der Waals surface area contributed by atoms with Crippen molar-refractivity contribution in [2.24, 2.45) is 5.73 Å². The lowest BCUT2D eigenvalue weighted by Gasteiger charge is -2.19. The zero-order valence-corrected chi connectivity index (χ0v) is 32.5. The van der Waals surface area contributed by atoms with Gasteiger partial charge in [0, 0.05) is 19.4 Å². The number of carbonyl (C=O) groups excluding carboxylic acids is 2. The van der Waals surface area contributed by atoms with E-state index in [9.17, 15) is 19.0 Å². The lowest BCUT2D eigenvalue weighted by molar-refractivity contribution is -0.161. The van der Waals surface area contributed by atoms with Crippen LogP contribution in [0.5, 0.6) is 0 Å². The Balaban J connectivity index is 4.23. The molecule has 0 rings (SSSR count). The lowest BCUT2D eigenvalue weighted by atomic mass is 10.1. The third kappa shape index (κ3) is 35.8. The molecular weight excluding hydrogens is 653 g/mol. The van der Waals surface area contributed by atoms with Gasteiger partial charge in [-0.25, -0.2) is 4.57 Å². The Labute approximate surface area is 305 Å². The maximum Gasteiger partial charge on any atom is 0.472 e. The van der Waals surface area contributed by atoms with Crippen LogP contribution in [0.4, 0.5) is 0 Å². The first kappa shape index (κ1) is 48.0. The molecule has 2 unspecified atom stereocenters. The van der Waals surface area contributed by atoms with Crippen LogP contribution < -0.4 is 5.73 Å². The molecule has 9 nitrogen and oxygen atoms in total. The molecule has 0 saturated heterocycles. The van der Waals surface area contributed by atoms with E-state index in [4.69, 9.17) is 24.3 Å². The maximum atomic E-state index is 12.5. The molecular formula is C40H72NO8P. The molecule has 0 aliphatic heterocycles. The van der Waals surface area contributed by atoms with E-state index in [0.717, 1.165) is 83.5 Å². The molecule has 0 heterocycles. The number of allylic oxidation sites excluding steroid dienone is 8. The normalized spacial score (nSPS) is 13.9. The molecule has 0 bridgehead atoms. The van der Waals surface area contributed by atoms with Gasteiger partial charge in [0.1, 0.15) is 6.61 Å². The number of rotatable bonds is 36. The van der Waals surface area contributed by atoms with E-state index in [-0.39, 0.29) is 32.6 Å². The third-order valence-corrected chi connectivity index (χ3v) is 8.93. The van der Waals surface area contributed by atoms with Gasteiger partial charge in [0.25, 0.3) is 0 Å². The maximum absolute atomic E-state index is 12.5. The average molecular weight is 726 g/mol. The van der Waals surface area contributed by atoms with Crippen LogP contribution >= 0.6 is 7.82 Å². The fourth-order valence-electron chi connectivity index (χ4n) is 5.05. The lowest BCUT2D eigenvalue weighted by Crippen LogP contribution is -2.29. The SMILES string of the molecule is CC/C=C\C/C=C\C/C=C\CCCCCCCCCC(=O)OC(COC(=O)CCCCCCC/C=C\CCCCC)COP(=O)(O)OCCN. The second kappa shape index (κ2) is 36.8. The fraction of sp³-hybridized carbons (Fsp3) is 0.750. The Kier molecular flexibility index (Phi) is 35.3. The highest BCUT2D eigenvalue weighted by Gasteiger charge is 2.25. The minimum atomic E-state index is -4.38. The minimum Gasteiger partial charge on any atom is -0.462 e. The van der Waals surface area contributed by atoms with Crippen molar-refractivity contribution in [3.8, 4) is 0 Å². The summed E-state index contributed by atoms with van der Waals surface area (Å²) in [6, 6.07) is 0. The van der Waals surface area contributed by atoms with Gasteiger partial charge in [-0.15, -0.1) is 0 Å². The van der Waals surface area contributed by atoms with Crippen LogP contribution in [0.3, 0.4) is 0 Å². The first-order valence-corrected chi connectivity index (χ1v) is 21.1. The quantitative estimate of drug-likeness (QED) is 0.0280. The monoisotopic (exact) mass is 725 g/mol. The van der Waals surface area contributed by atoms with Gasteiger partial charge in [0.15, 0.2) is 6.10 Å². The van der Waals surface area contributed by atoms with Crippen LogP contribution in [0.25, 0.3) is 0 Å². The number of phosphoric acid groups is 1. The van der Waals surface area contributed by atoms with E-state index >= 15 is 0 Å². The molecule has 3 N–H and O–H groups in total. The van der Waals surface area contributed by atoms with Crippen molar-refractivity contribution in [1.29, 1.82) is 0 Å². The molecule has 0 spiro atoms. The third-order valence-electron chi connectivity index (χ3n) is 7.95. The number of esters is 2. The Bertz CT molecular complexity index is 965. The van der Waals surface area contributed by atoms with Crippen LogP contribution in [-0.2, 0) is 32.7 Å². The highest BCUT2D eigenvalue weighted by atomic mass is 31.2. The minimum absolute atomic E-state index is 0.0489. The Morgan fingerprint density at radius 3 is 1.66 bits per heavy atom. The predicted molar refractivity (Wildman–Crippen MR) is 206 cm³/mol. The van der Waals surface area contributed by atoms with Gasteiger partial charge < -0.3 is 20.1 Å². The first-order chi connectivity index (χ1) is 24.3. The average Bonchev–Trinajstić information content (AvgIpc) is 3.10. The second-order valence-electron chi connectivity index (χ2n) is 12.8. The van der Waals surface area contributed by atoms with Gasteiger partial charge >= 0.3 is 19.8 Å². The molecule has 0 amide bonds.